The number of sulfone groups is 1. The minimum atomic E-state index is -3.62. The van der Waals surface area contributed by atoms with Crippen LogP contribution in [0.25, 0.3) is 0 Å². The van der Waals surface area contributed by atoms with Crippen molar-refractivity contribution in [3.8, 4) is 5.75 Å². The van der Waals surface area contributed by atoms with E-state index in [-0.39, 0.29) is 16.4 Å². The molecule has 6 nitrogen and oxygen atoms in total. The number of ether oxygens (including phenoxy) is 1. The van der Waals surface area contributed by atoms with Crippen LogP contribution in [0.4, 0.5) is 11.4 Å². The first-order valence-electron chi connectivity index (χ1n) is 10.3. The zero-order chi connectivity index (χ0) is 22.6. The van der Waals surface area contributed by atoms with Crippen LogP contribution in [0.3, 0.4) is 0 Å². The molecule has 0 fully saturated rings. The maximum absolute atomic E-state index is 13.5. The summed E-state index contributed by atoms with van der Waals surface area (Å²) in [5.74, 6) is -0.793. The molecule has 0 saturated carbocycles. The van der Waals surface area contributed by atoms with Gasteiger partial charge in [0.15, 0.2) is 16.4 Å². The van der Waals surface area contributed by atoms with Crippen LogP contribution in [-0.4, -0.2) is 44.7 Å². The van der Waals surface area contributed by atoms with Crippen LogP contribution in [0.15, 0.2) is 52.3 Å². The third-order valence-corrected chi connectivity index (χ3v) is 8.34. The molecule has 0 aliphatic carbocycles. The van der Waals surface area contributed by atoms with Gasteiger partial charge in [-0.15, -0.1) is 11.8 Å². The molecule has 1 heterocycles. The number of benzene rings is 2. The Bertz CT molecular complexity index is 1040. The lowest BCUT2D eigenvalue weighted by molar-refractivity contribution is -0.139. The first kappa shape index (κ1) is 23.5. The van der Waals surface area contributed by atoms with Gasteiger partial charge in [-0.2, -0.15) is 0 Å². The van der Waals surface area contributed by atoms with Gasteiger partial charge in [-0.05, 0) is 36.3 Å². The third-order valence-electron chi connectivity index (χ3n) is 5.50. The number of aliphatic carboxylic acids is 1. The smallest absolute Gasteiger partial charge is 0.341 e. The predicted molar refractivity (Wildman–Crippen MR) is 124 cm³/mol. The van der Waals surface area contributed by atoms with Gasteiger partial charge in [0.2, 0.25) is 0 Å². The fraction of sp³-hybridized carbons (Fsp3) is 0.435. The molecule has 0 radical (unpaired) electrons. The third kappa shape index (κ3) is 5.36. The summed E-state index contributed by atoms with van der Waals surface area (Å²) >= 11 is 1.40. The quantitative estimate of drug-likeness (QED) is 0.552. The molecule has 1 atom stereocenters. The van der Waals surface area contributed by atoms with E-state index in [4.69, 9.17) is 9.84 Å². The van der Waals surface area contributed by atoms with Crippen molar-refractivity contribution in [3.05, 3.63) is 42.5 Å². The average Bonchev–Trinajstić information content (AvgIpc) is 2.82. The maximum atomic E-state index is 13.5. The van der Waals surface area contributed by atoms with Crippen molar-refractivity contribution < 1.29 is 23.1 Å². The summed E-state index contributed by atoms with van der Waals surface area (Å²) in [6.45, 7) is 4.20. The van der Waals surface area contributed by atoms with Gasteiger partial charge in [0.05, 0.1) is 21.2 Å². The van der Waals surface area contributed by atoms with Crippen molar-refractivity contribution >= 4 is 38.9 Å². The molecule has 0 bridgehead atoms. The van der Waals surface area contributed by atoms with Crippen molar-refractivity contribution in [1.82, 2.24) is 0 Å². The van der Waals surface area contributed by atoms with Crippen LogP contribution < -0.4 is 9.64 Å². The summed E-state index contributed by atoms with van der Waals surface area (Å²) in [7, 11) is -3.62. The Labute approximate surface area is 188 Å². The van der Waals surface area contributed by atoms with Gasteiger partial charge in [0, 0.05) is 18.3 Å². The molecular weight excluding hydrogens is 434 g/mol. The van der Waals surface area contributed by atoms with E-state index in [1.54, 1.807) is 0 Å². The van der Waals surface area contributed by atoms with Crippen molar-refractivity contribution in [3.63, 3.8) is 0 Å². The maximum Gasteiger partial charge on any atom is 0.341 e. The van der Waals surface area contributed by atoms with Crippen molar-refractivity contribution in [2.45, 2.75) is 42.9 Å². The Kier molecular flexibility index (Phi) is 7.21. The number of rotatable bonds is 8. The molecule has 2 aromatic carbocycles. The molecule has 0 saturated heterocycles. The largest absolute Gasteiger partial charge is 0.481 e. The highest BCUT2D eigenvalue weighted by molar-refractivity contribution is 7.98. The van der Waals surface area contributed by atoms with E-state index in [0.29, 0.717) is 17.1 Å². The molecule has 0 spiro atoms. The van der Waals surface area contributed by atoms with E-state index in [2.05, 4.69) is 11.8 Å². The second-order valence-electron chi connectivity index (χ2n) is 8.25. The lowest BCUT2D eigenvalue weighted by atomic mass is 9.86. The summed E-state index contributed by atoms with van der Waals surface area (Å²) in [4.78, 5) is 14.0. The molecule has 31 heavy (non-hydrogen) atoms. The molecule has 3 rings (SSSR count). The first-order chi connectivity index (χ1) is 14.7. The number of unbranched alkanes of at least 4 members (excludes halogenated alkanes) is 1. The zero-order valence-corrected chi connectivity index (χ0v) is 19.8. The predicted octanol–water partition coefficient (Wildman–Crippen LogP) is 4.99. The van der Waals surface area contributed by atoms with E-state index >= 15 is 0 Å². The Balaban J connectivity index is 2.20. The average molecular weight is 464 g/mol. The number of hydrogen-bond acceptors (Lipinski definition) is 6. The molecule has 1 aliphatic rings. The number of carbonyl (C=O) groups is 1. The normalized spacial score (nSPS) is 20.0. The zero-order valence-electron chi connectivity index (χ0n) is 18.1. The minimum absolute atomic E-state index is 0.0350. The second-order valence-corrected chi connectivity index (χ2v) is 11.1. The number of para-hydroxylation sites is 1. The Morgan fingerprint density at radius 2 is 1.97 bits per heavy atom. The second kappa shape index (κ2) is 9.53. The number of carboxylic acid groups (broad SMARTS) is 1. The van der Waals surface area contributed by atoms with Crippen molar-refractivity contribution in [2.24, 2.45) is 5.41 Å². The lowest BCUT2D eigenvalue weighted by Crippen LogP contribution is -2.35. The number of carboxylic acids is 1. The Morgan fingerprint density at radius 1 is 1.26 bits per heavy atom. The fourth-order valence-corrected chi connectivity index (χ4v) is 6.68. The molecule has 1 N–H and O–H groups in total. The molecule has 1 aliphatic heterocycles. The number of nitrogens with zero attached hydrogens (tertiary/aromatic N) is 1. The molecule has 168 valence electrons. The van der Waals surface area contributed by atoms with E-state index in [0.717, 1.165) is 24.9 Å². The van der Waals surface area contributed by atoms with Crippen molar-refractivity contribution in [2.75, 3.05) is 30.1 Å². The highest BCUT2D eigenvalue weighted by atomic mass is 32.2. The Morgan fingerprint density at radius 3 is 2.58 bits per heavy atom. The van der Waals surface area contributed by atoms with E-state index in [9.17, 15) is 13.2 Å². The topological polar surface area (TPSA) is 83.9 Å². The van der Waals surface area contributed by atoms with Crippen LogP contribution >= 0.6 is 11.8 Å². The van der Waals surface area contributed by atoms with Crippen LogP contribution in [0.2, 0.25) is 0 Å². The SMILES string of the molecule is CCCCC1(C)CN(c2ccccc2)c2cc(SC)c(OCC(=O)O)cc2S(=O)(=O)C1. The molecule has 0 amide bonds. The van der Waals surface area contributed by atoms with E-state index in [1.807, 2.05) is 49.6 Å². The molecule has 0 aromatic heterocycles. The van der Waals surface area contributed by atoms with Gasteiger partial charge in [-0.25, -0.2) is 13.2 Å². The van der Waals surface area contributed by atoms with Crippen LogP contribution in [0.1, 0.15) is 33.1 Å². The van der Waals surface area contributed by atoms with Gasteiger partial charge in [-0.3, -0.25) is 0 Å². The number of thioether (sulfide) groups is 1. The monoisotopic (exact) mass is 463 g/mol. The number of fused-ring (bicyclic) bond motifs is 1. The molecule has 2 aromatic rings. The summed E-state index contributed by atoms with van der Waals surface area (Å²) in [5, 5.41) is 9.01. The van der Waals surface area contributed by atoms with Gasteiger partial charge >= 0.3 is 5.97 Å². The fourth-order valence-electron chi connectivity index (χ4n) is 4.04. The molecular formula is C23H29NO5S2. The van der Waals surface area contributed by atoms with E-state index < -0.39 is 27.8 Å². The Hall–Kier alpha value is -2.19. The van der Waals surface area contributed by atoms with Gasteiger partial charge < -0.3 is 14.7 Å². The van der Waals surface area contributed by atoms with Gasteiger partial charge in [0.25, 0.3) is 0 Å². The summed E-state index contributed by atoms with van der Waals surface area (Å²) in [5.41, 5.74) is 1.11. The molecule has 8 heteroatoms. The molecule has 1 unspecified atom stereocenters. The van der Waals surface area contributed by atoms with Gasteiger partial charge in [0.1, 0.15) is 5.75 Å². The van der Waals surface area contributed by atoms with Gasteiger partial charge in [-0.1, -0.05) is 44.9 Å². The minimum Gasteiger partial charge on any atom is -0.481 e. The highest BCUT2D eigenvalue weighted by Crippen LogP contribution is 2.46. The van der Waals surface area contributed by atoms with Crippen LogP contribution in [0.5, 0.6) is 5.75 Å². The number of anilines is 2. The van der Waals surface area contributed by atoms with Crippen LogP contribution in [0, 0.1) is 5.41 Å². The van der Waals surface area contributed by atoms with Crippen LogP contribution in [-0.2, 0) is 14.6 Å². The first-order valence-corrected chi connectivity index (χ1v) is 13.2. The lowest BCUT2D eigenvalue weighted by Gasteiger charge is -2.34. The summed E-state index contributed by atoms with van der Waals surface area (Å²) < 4.78 is 32.5. The highest BCUT2D eigenvalue weighted by Gasteiger charge is 2.40. The number of hydrogen-bond donors (Lipinski definition) is 1. The van der Waals surface area contributed by atoms with E-state index in [1.165, 1.54) is 17.8 Å². The standard InChI is InChI=1S/C23H29NO5S2/c1-4-5-11-23(2)15-24(17-9-7-6-8-10-17)18-12-20(30-3)19(29-14-22(25)26)13-21(18)31(27,28)16-23/h6-10,12-13H,4-5,11,14-16H2,1-3H3,(H,25,26). The summed E-state index contributed by atoms with van der Waals surface area (Å²) in [6, 6.07) is 13.1. The van der Waals surface area contributed by atoms with Crippen molar-refractivity contribution in [1.29, 1.82) is 0 Å². The summed E-state index contributed by atoms with van der Waals surface area (Å²) in [6.07, 6.45) is 4.61.